The largest absolute Gasteiger partial charge is 0.390 e. The second-order valence-corrected chi connectivity index (χ2v) is 6.39. The van der Waals surface area contributed by atoms with Gasteiger partial charge in [-0.3, -0.25) is 0 Å². The summed E-state index contributed by atoms with van der Waals surface area (Å²) in [7, 11) is 1.75. The van der Waals surface area contributed by atoms with Crippen molar-refractivity contribution in [1.29, 1.82) is 0 Å². The Hall–Kier alpha value is -0.0800. The molecule has 1 aliphatic carbocycles. The van der Waals surface area contributed by atoms with Crippen molar-refractivity contribution in [2.24, 2.45) is 11.8 Å². The Morgan fingerprint density at radius 3 is 2.44 bits per heavy atom. The number of ether oxygens (including phenoxy) is 1. The van der Waals surface area contributed by atoms with Gasteiger partial charge in [0.2, 0.25) is 0 Å². The summed E-state index contributed by atoms with van der Waals surface area (Å²) in [6.45, 7) is 8.73. The van der Waals surface area contributed by atoms with Gasteiger partial charge in [-0.15, -0.1) is 0 Å². The van der Waals surface area contributed by atoms with E-state index in [1.54, 1.807) is 7.11 Å². The van der Waals surface area contributed by atoms with Crippen LogP contribution < -0.4 is 0 Å². The third-order valence-electron chi connectivity index (χ3n) is 4.48. The molecule has 0 spiro atoms. The number of hydrogen-bond donors (Lipinski definition) is 1. The molecule has 0 aromatic carbocycles. The lowest BCUT2D eigenvalue weighted by atomic mass is 9.71. The van der Waals surface area contributed by atoms with Gasteiger partial charge in [-0.1, -0.05) is 13.8 Å². The molecule has 0 aromatic rings. The maximum absolute atomic E-state index is 10.6. The fourth-order valence-corrected chi connectivity index (χ4v) is 2.55. The molecule has 0 saturated heterocycles. The first kappa shape index (κ1) is 14.0. The van der Waals surface area contributed by atoms with Crippen LogP contribution in [0.4, 0.5) is 0 Å². The topological polar surface area (TPSA) is 29.5 Å². The van der Waals surface area contributed by atoms with Crippen LogP contribution in [0, 0.1) is 11.8 Å². The van der Waals surface area contributed by atoms with Gasteiger partial charge < -0.3 is 9.84 Å². The second-order valence-electron chi connectivity index (χ2n) is 6.39. The second kappa shape index (κ2) is 5.05. The standard InChI is InChI=1S/C14H28O2/c1-11-6-7-14(15,10-12(11)2)9-8-13(3,4)16-5/h11-12,15H,6-10H2,1-5H3. The zero-order valence-corrected chi connectivity index (χ0v) is 11.5. The smallest absolute Gasteiger partial charge is 0.0651 e. The molecule has 0 amide bonds. The Balaban J connectivity index is 2.47. The van der Waals surface area contributed by atoms with Crippen LogP contribution in [0.25, 0.3) is 0 Å². The predicted molar refractivity (Wildman–Crippen MR) is 67.5 cm³/mol. The molecule has 1 aliphatic rings. The van der Waals surface area contributed by atoms with Crippen molar-refractivity contribution >= 4 is 0 Å². The van der Waals surface area contributed by atoms with Crippen LogP contribution in [-0.2, 0) is 4.74 Å². The lowest BCUT2D eigenvalue weighted by molar-refractivity contribution is -0.0609. The van der Waals surface area contributed by atoms with E-state index in [0.29, 0.717) is 5.92 Å². The van der Waals surface area contributed by atoms with Gasteiger partial charge in [-0.05, 0) is 57.8 Å². The monoisotopic (exact) mass is 228 g/mol. The Bertz CT molecular complexity index is 225. The van der Waals surface area contributed by atoms with Gasteiger partial charge >= 0.3 is 0 Å². The zero-order valence-electron chi connectivity index (χ0n) is 11.5. The Morgan fingerprint density at radius 2 is 1.94 bits per heavy atom. The molecular weight excluding hydrogens is 200 g/mol. The Labute approximate surface area is 100 Å². The van der Waals surface area contributed by atoms with Crippen molar-refractivity contribution in [1.82, 2.24) is 0 Å². The highest BCUT2D eigenvalue weighted by Gasteiger charge is 2.36. The van der Waals surface area contributed by atoms with Gasteiger partial charge in [0.05, 0.1) is 11.2 Å². The van der Waals surface area contributed by atoms with E-state index in [1.165, 1.54) is 0 Å². The van der Waals surface area contributed by atoms with E-state index in [0.717, 1.165) is 38.0 Å². The van der Waals surface area contributed by atoms with Crippen LogP contribution >= 0.6 is 0 Å². The summed E-state index contributed by atoms with van der Waals surface area (Å²) in [6.07, 6.45) is 4.86. The van der Waals surface area contributed by atoms with Gasteiger partial charge in [0, 0.05) is 7.11 Å². The van der Waals surface area contributed by atoms with E-state index < -0.39 is 5.60 Å². The van der Waals surface area contributed by atoms with Gasteiger partial charge in [0.25, 0.3) is 0 Å². The average Bonchev–Trinajstić information content (AvgIpc) is 2.22. The first-order chi connectivity index (χ1) is 7.28. The number of hydrogen-bond acceptors (Lipinski definition) is 2. The van der Waals surface area contributed by atoms with Crippen molar-refractivity contribution in [3.05, 3.63) is 0 Å². The summed E-state index contributed by atoms with van der Waals surface area (Å²) in [5.74, 6) is 1.40. The third-order valence-corrected chi connectivity index (χ3v) is 4.48. The van der Waals surface area contributed by atoms with Crippen molar-refractivity contribution in [2.45, 2.75) is 71.0 Å². The highest BCUT2D eigenvalue weighted by molar-refractivity contribution is 4.89. The van der Waals surface area contributed by atoms with E-state index >= 15 is 0 Å². The molecule has 0 aliphatic heterocycles. The quantitative estimate of drug-likeness (QED) is 0.799. The molecule has 16 heavy (non-hydrogen) atoms. The van der Waals surface area contributed by atoms with Crippen LogP contribution in [0.2, 0.25) is 0 Å². The maximum Gasteiger partial charge on any atom is 0.0651 e. The van der Waals surface area contributed by atoms with Gasteiger partial charge in [0.1, 0.15) is 0 Å². The molecule has 3 unspecified atom stereocenters. The fourth-order valence-electron chi connectivity index (χ4n) is 2.55. The highest BCUT2D eigenvalue weighted by Crippen LogP contribution is 2.39. The maximum atomic E-state index is 10.6. The molecule has 1 fully saturated rings. The van der Waals surface area contributed by atoms with Crippen molar-refractivity contribution in [3.8, 4) is 0 Å². The van der Waals surface area contributed by atoms with E-state index in [-0.39, 0.29) is 5.60 Å². The van der Waals surface area contributed by atoms with Gasteiger partial charge in [-0.25, -0.2) is 0 Å². The fraction of sp³-hybridized carbons (Fsp3) is 1.00. The van der Waals surface area contributed by atoms with Crippen molar-refractivity contribution < 1.29 is 9.84 Å². The Kier molecular flexibility index (Phi) is 4.42. The number of rotatable bonds is 4. The summed E-state index contributed by atoms with van der Waals surface area (Å²) in [6, 6.07) is 0. The van der Waals surface area contributed by atoms with Crippen molar-refractivity contribution in [2.75, 3.05) is 7.11 Å². The predicted octanol–water partition coefficient (Wildman–Crippen LogP) is 3.38. The number of aliphatic hydroxyl groups is 1. The van der Waals surface area contributed by atoms with Crippen LogP contribution in [0.3, 0.4) is 0 Å². The van der Waals surface area contributed by atoms with E-state index in [4.69, 9.17) is 4.74 Å². The minimum atomic E-state index is -0.443. The van der Waals surface area contributed by atoms with Gasteiger partial charge in [-0.2, -0.15) is 0 Å². The molecule has 3 atom stereocenters. The summed E-state index contributed by atoms with van der Waals surface area (Å²) in [5, 5.41) is 10.6. The Morgan fingerprint density at radius 1 is 1.31 bits per heavy atom. The van der Waals surface area contributed by atoms with Crippen LogP contribution in [0.1, 0.15) is 59.8 Å². The van der Waals surface area contributed by atoms with Gasteiger partial charge in [0.15, 0.2) is 0 Å². The summed E-state index contributed by atoms with van der Waals surface area (Å²) in [4.78, 5) is 0. The van der Waals surface area contributed by atoms with Crippen LogP contribution in [0.15, 0.2) is 0 Å². The molecule has 0 bridgehead atoms. The molecule has 2 heteroatoms. The molecule has 0 heterocycles. The summed E-state index contributed by atoms with van der Waals surface area (Å²) < 4.78 is 5.41. The molecule has 96 valence electrons. The molecule has 1 saturated carbocycles. The van der Waals surface area contributed by atoms with E-state index in [1.807, 2.05) is 0 Å². The minimum absolute atomic E-state index is 0.109. The normalized spacial score (nSPS) is 36.4. The van der Waals surface area contributed by atoms with Crippen molar-refractivity contribution in [3.63, 3.8) is 0 Å². The SMILES string of the molecule is COC(C)(C)CCC1(O)CCC(C)C(C)C1. The van der Waals surface area contributed by atoms with E-state index in [2.05, 4.69) is 27.7 Å². The zero-order chi connectivity index (χ0) is 12.4. The summed E-state index contributed by atoms with van der Waals surface area (Å²) in [5.41, 5.74) is -0.552. The minimum Gasteiger partial charge on any atom is -0.390 e. The lowest BCUT2D eigenvalue weighted by Crippen LogP contribution is -2.39. The van der Waals surface area contributed by atoms with Crippen LogP contribution in [-0.4, -0.2) is 23.4 Å². The lowest BCUT2D eigenvalue weighted by Gasteiger charge is -2.40. The number of methoxy groups -OCH3 is 1. The van der Waals surface area contributed by atoms with Crippen LogP contribution in [0.5, 0.6) is 0 Å². The third kappa shape index (κ3) is 3.74. The summed E-state index contributed by atoms with van der Waals surface area (Å²) >= 11 is 0. The molecule has 1 N–H and O–H groups in total. The molecule has 0 radical (unpaired) electrons. The first-order valence-electron chi connectivity index (χ1n) is 6.55. The molecule has 2 nitrogen and oxygen atoms in total. The average molecular weight is 228 g/mol. The van der Waals surface area contributed by atoms with E-state index in [9.17, 15) is 5.11 Å². The molecule has 0 aromatic heterocycles. The molecule has 1 rings (SSSR count). The first-order valence-corrected chi connectivity index (χ1v) is 6.55. The highest BCUT2D eigenvalue weighted by atomic mass is 16.5. The molecular formula is C14H28O2.